The molecule has 0 aliphatic heterocycles. The number of carbonyl (C=O) groups excluding carboxylic acids is 3. The zero-order valence-corrected chi connectivity index (χ0v) is 19.6. The zero-order chi connectivity index (χ0) is 22.5. The van der Waals surface area contributed by atoms with Crippen molar-refractivity contribution in [1.29, 1.82) is 0 Å². The molecule has 0 atom stereocenters. The minimum absolute atomic E-state index is 0.0956. The quantitative estimate of drug-likeness (QED) is 0.351. The summed E-state index contributed by atoms with van der Waals surface area (Å²) >= 11 is 3.83. The van der Waals surface area contributed by atoms with Gasteiger partial charge in [0.15, 0.2) is 4.34 Å². The van der Waals surface area contributed by atoms with Gasteiger partial charge in [0.05, 0.1) is 24.5 Å². The fourth-order valence-corrected chi connectivity index (χ4v) is 5.69. The predicted molar refractivity (Wildman–Crippen MR) is 122 cm³/mol. The smallest absolute Gasteiger partial charge is 0.341 e. The third kappa shape index (κ3) is 5.75. The summed E-state index contributed by atoms with van der Waals surface area (Å²) in [4.78, 5) is 41.4. The molecule has 3 heterocycles. The van der Waals surface area contributed by atoms with E-state index in [-0.39, 0.29) is 30.3 Å². The Bertz CT molecular complexity index is 1120. The molecule has 0 unspecified atom stereocenters. The molecular weight excluding hydrogens is 458 g/mol. The molecule has 0 aromatic carbocycles. The maximum absolute atomic E-state index is 12.6. The lowest BCUT2D eigenvalue weighted by molar-refractivity contribution is -0.117. The molecule has 0 fully saturated rings. The highest BCUT2D eigenvalue weighted by atomic mass is 32.2. The number of nitrogens with one attached hydrogen (secondary N) is 1. The van der Waals surface area contributed by atoms with E-state index >= 15 is 0 Å². The van der Waals surface area contributed by atoms with Gasteiger partial charge in [-0.25, -0.2) is 9.78 Å². The molecule has 3 N–H and O–H groups in total. The molecule has 0 saturated carbocycles. The van der Waals surface area contributed by atoms with Crippen LogP contribution in [0.25, 0.3) is 11.3 Å². The number of hydrogen-bond donors (Lipinski definition) is 2. The molecule has 8 nitrogen and oxygen atoms in total. The molecule has 3 aromatic rings. The van der Waals surface area contributed by atoms with Crippen molar-refractivity contribution in [3.8, 4) is 11.3 Å². The summed E-state index contributed by atoms with van der Waals surface area (Å²) in [5, 5.41) is 4.95. The van der Waals surface area contributed by atoms with Gasteiger partial charge in [-0.3, -0.25) is 9.59 Å². The topological polar surface area (TPSA) is 125 Å². The van der Waals surface area contributed by atoms with Gasteiger partial charge < -0.3 is 20.2 Å². The second-order valence-corrected chi connectivity index (χ2v) is 9.64. The van der Waals surface area contributed by atoms with Gasteiger partial charge in [0.25, 0.3) is 0 Å². The molecule has 0 aliphatic rings. The number of nitrogens with zero attached hydrogens (tertiary/aromatic N) is 1. The monoisotopic (exact) mass is 479 g/mol. The number of thioether (sulfide) groups is 1. The molecule has 0 spiro atoms. The fourth-order valence-electron chi connectivity index (χ4n) is 2.69. The first kappa shape index (κ1) is 23.0. The van der Waals surface area contributed by atoms with Gasteiger partial charge in [-0.05, 0) is 32.9 Å². The highest BCUT2D eigenvalue weighted by molar-refractivity contribution is 8.01. The van der Waals surface area contributed by atoms with E-state index in [2.05, 4.69) is 10.3 Å². The van der Waals surface area contributed by atoms with E-state index in [0.717, 1.165) is 10.6 Å². The van der Waals surface area contributed by atoms with E-state index < -0.39 is 11.9 Å². The molecule has 0 aliphatic carbocycles. The highest BCUT2D eigenvalue weighted by Crippen LogP contribution is 2.37. The third-order valence-corrected chi connectivity index (χ3v) is 7.26. The van der Waals surface area contributed by atoms with Crippen molar-refractivity contribution in [2.24, 2.45) is 5.73 Å². The Morgan fingerprint density at radius 3 is 2.71 bits per heavy atom. The number of esters is 1. The molecule has 0 radical (unpaired) electrons. The summed E-state index contributed by atoms with van der Waals surface area (Å²) in [5.41, 5.74) is 6.82. The summed E-state index contributed by atoms with van der Waals surface area (Å²) in [6, 6.07) is 3.58. The number of aromatic nitrogens is 1. The number of aryl methyl sites for hydroxylation is 2. The molecular formula is C20H21N3O5S3. The van der Waals surface area contributed by atoms with E-state index in [4.69, 9.17) is 14.9 Å². The Balaban J connectivity index is 1.73. The largest absolute Gasteiger partial charge is 0.462 e. The number of primary amides is 1. The number of hydrogen-bond acceptors (Lipinski definition) is 9. The lowest BCUT2D eigenvalue weighted by Gasteiger charge is -2.07. The first-order valence-corrected chi connectivity index (χ1v) is 12.0. The van der Waals surface area contributed by atoms with Crippen LogP contribution in [0.1, 0.15) is 33.6 Å². The van der Waals surface area contributed by atoms with Crippen LogP contribution in [-0.2, 0) is 20.7 Å². The minimum Gasteiger partial charge on any atom is -0.462 e. The van der Waals surface area contributed by atoms with Gasteiger partial charge in [-0.1, -0.05) is 11.8 Å². The predicted octanol–water partition coefficient (Wildman–Crippen LogP) is 4.02. The van der Waals surface area contributed by atoms with E-state index in [0.29, 0.717) is 26.4 Å². The van der Waals surface area contributed by atoms with Gasteiger partial charge in [0, 0.05) is 15.8 Å². The van der Waals surface area contributed by atoms with Gasteiger partial charge >= 0.3 is 5.97 Å². The van der Waals surface area contributed by atoms with Crippen LogP contribution in [0.5, 0.6) is 0 Å². The number of anilines is 1. The van der Waals surface area contributed by atoms with Gasteiger partial charge in [0.2, 0.25) is 11.8 Å². The van der Waals surface area contributed by atoms with Crippen LogP contribution >= 0.6 is 34.4 Å². The Hall–Kier alpha value is -2.63. The highest BCUT2D eigenvalue weighted by Gasteiger charge is 2.24. The fraction of sp³-hybridized carbons (Fsp3) is 0.300. The number of carbonyl (C=O) groups is 3. The number of thiophene rings is 1. The number of ether oxygens (including phenoxy) is 1. The van der Waals surface area contributed by atoms with Gasteiger partial charge in [-0.15, -0.1) is 22.7 Å². The maximum Gasteiger partial charge on any atom is 0.341 e. The molecule has 164 valence electrons. The van der Waals surface area contributed by atoms with Crippen LogP contribution in [0.15, 0.2) is 26.3 Å². The van der Waals surface area contributed by atoms with Crippen LogP contribution in [0.2, 0.25) is 0 Å². The van der Waals surface area contributed by atoms with E-state index in [9.17, 15) is 14.4 Å². The van der Waals surface area contributed by atoms with E-state index in [1.807, 2.05) is 6.92 Å². The summed E-state index contributed by atoms with van der Waals surface area (Å²) < 4.78 is 11.5. The summed E-state index contributed by atoms with van der Waals surface area (Å²) in [7, 11) is 0. The van der Waals surface area contributed by atoms with Gasteiger partial charge in [-0.2, -0.15) is 0 Å². The summed E-state index contributed by atoms with van der Waals surface area (Å²) in [6.07, 6.45) is 0.128. The van der Waals surface area contributed by atoms with Crippen molar-refractivity contribution in [1.82, 2.24) is 4.98 Å². The Kier molecular flexibility index (Phi) is 7.52. The molecule has 11 heteroatoms. The normalized spacial score (nSPS) is 10.8. The lowest BCUT2D eigenvalue weighted by atomic mass is 10.1. The number of amides is 2. The third-order valence-electron chi connectivity index (χ3n) is 4.06. The van der Waals surface area contributed by atoms with Crippen molar-refractivity contribution >= 4 is 57.2 Å². The van der Waals surface area contributed by atoms with Crippen LogP contribution in [0, 0.1) is 13.8 Å². The summed E-state index contributed by atoms with van der Waals surface area (Å²) in [6.45, 7) is 5.55. The summed E-state index contributed by atoms with van der Waals surface area (Å²) in [5.74, 6) is 0.108. The molecule has 2 amide bonds. The molecule has 0 saturated heterocycles. The van der Waals surface area contributed by atoms with Crippen LogP contribution in [0.3, 0.4) is 0 Å². The first-order chi connectivity index (χ1) is 14.8. The number of rotatable bonds is 9. The maximum atomic E-state index is 12.6. The van der Waals surface area contributed by atoms with Gasteiger partial charge in [0.1, 0.15) is 22.1 Å². The van der Waals surface area contributed by atoms with E-state index in [1.54, 1.807) is 31.4 Å². The van der Waals surface area contributed by atoms with Crippen molar-refractivity contribution in [3.05, 3.63) is 39.4 Å². The molecule has 3 rings (SSSR count). The first-order valence-electron chi connectivity index (χ1n) is 9.31. The lowest BCUT2D eigenvalue weighted by Crippen LogP contribution is -2.16. The average molecular weight is 480 g/mol. The van der Waals surface area contributed by atoms with Crippen molar-refractivity contribution in [2.45, 2.75) is 31.5 Å². The van der Waals surface area contributed by atoms with E-state index in [1.165, 1.54) is 34.4 Å². The molecule has 31 heavy (non-hydrogen) atoms. The Morgan fingerprint density at radius 1 is 1.29 bits per heavy atom. The number of furan rings is 1. The van der Waals surface area contributed by atoms with Crippen molar-refractivity contribution < 1.29 is 23.5 Å². The van der Waals surface area contributed by atoms with Crippen LogP contribution in [-0.4, -0.2) is 35.1 Å². The Morgan fingerprint density at radius 2 is 2.06 bits per heavy atom. The molecule has 3 aromatic heterocycles. The second-order valence-electron chi connectivity index (χ2n) is 6.45. The zero-order valence-electron chi connectivity index (χ0n) is 17.1. The number of thiazole rings is 1. The number of nitrogens with two attached hydrogens (primary N) is 1. The second kappa shape index (κ2) is 10.1. The standard InChI is InChI=1S/C20H21N3O5S3/c1-4-27-19(26)17-12(13-6-5-10(2)28-13)8-29-18(17)23-16(25)9-30-20-22-11(3)14(31-20)7-15(21)24/h5-6,8H,4,7,9H2,1-3H3,(H2,21,24)(H,23,25). The van der Waals surface area contributed by atoms with Crippen LogP contribution in [0.4, 0.5) is 5.00 Å². The average Bonchev–Trinajstić information content (AvgIpc) is 3.39. The SMILES string of the molecule is CCOC(=O)c1c(-c2ccc(C)o2)csc1NC(=O)CSc1nc(C)c(CC(N)=O)s1. The van der Waals surface area contributed by atoms with Crippen molar-refractivity contribution in [3.63, 3.8) is 0 Å². The molecule has 0 bridgehead atoms. The minimum atomic E-state index is -0.526. The Labute approximate surface area is 191 Å². The van der Waals surface area contributed by atoms with Crippen molar-refractivity contribution in [2.75, 3.05) is 17.7 Å². The van der Waals surface area contributed by atoms with Crippen LogP contribution < -0.4 is 11.1 Å².